The van der Waals surface area contributed by atoms with Crippen molar-refractivity contribution in [2.24, 2.45) is 34.5 Å². The Morgan fingerprint density at radius 3 is 2.44 bits per heavy atom. The Morgan fingerprint density at radius 1 is 1.00 bits per heavy atom. The van der Waals surface area contributed by atoms with E-state index in [1.807, 2.05) is 0 Å². The molecule has 5 fully saturated rings. The van der Waals surface area contributed by atoms with E-state index in [4.69, 9.17) is 9.47 Å². The molecule has 0 aromatic heterocycles. The van der Waals surface area contributed by atoms with Gasteiger partial charge in [0.25, 0.3) is 0 Å². The summed E-state index contributed by atoms with van der Waals surface area (Å²) in [6.07, 6.45) is 9.26. The minimum atomic E-state index is -0.148. The molecule has 5 aliphatic rings. The highest BCUT2D eigenvalue weighted by molar-refractivity contribution is 5.79. The molecule has 1 saturated heterocycles. The summed E-state index contributed by atoms with van der Waals surface area (Å²) >= 11 is 0. The van der Waals surface area contributed by atoms with Gasteiger partial charge in [0.05, 0.1) is 6.10 Å². The van der Waals surface area contributed by atoms with Gasteiger partial charge in [-0.15, -0.1) is 0 Å². The van der Waals surface area contributed by atoms with Crippen LogP contribution >= 0.6 is 0 Å². The maximum absolute atomic E-state index is 12.3. The van der Waals surface area contributed by atoms with Gasteiger partial charge in [0.1, 0.15) is 17.5 Å². The predicted molar refractivity (Wildman–Crippen MR) is 101 cm³/mol. The zero-order chi connectivity index (χ0) is 19.2. The molecule has 9 atom stereocenters. The van der Waals surface area contributed by atoms with Gasteiger partial charge in [-0.05, 0) is 81.5 Å². The normalized spacial score (nSPS) is 55.6. The third-order valence-corrected chi connectivity index (χ3v) is 9.81. The van der Waals surface area contributed by atoms with Gasteiger partial charge in [-0.25, -0.2) is 0 Å². The highest BCUT2D eigenvalue weighted by Gasteiger charge is 2.79. The van der Waals surface area contributed by atoms with E-state index in [-0.39, 0.29) is 34.4 Å². The van der Waals surface area contributed by atoms with Crippen LogP contribution in [0.3, 0.4) is 0 Å². The van der Waals surface area contributed by atoms with Gasteiger partial charge in [-0.1, -0.05) is 13.8 Å². The summed E-state index contributed by atoms with van der Waals surface area (Å²) in [4.78, 5) is 23.7. The number of carbonyl (C=O) groups excluding carboxylic acids is 2. The molecule has 0 aromatic carbocycles. The summed E-state index contributed by atoms with van der Waals surface area (Å²) in [6, 6.07) is 0. The van der Waals surface area contributed by atoms with Crippen molar-refractivity contribution in [2.75, 3.05) is 0 Å². The second kappa shape index (κ2) is 5.58. The van der Waals surface area contributed by atoms with Crippen molar-refractivity contribution in [1.82, 2.24) is 0 Å². The lowest BCUT2D eigenvalue weighted by Gasteiger charge is -2.59. The largest absolute Gasteiger partial charge is 0.463 e. The summed E-state index contributed by atoms with van der Waals surface area (Å²) in [7, 11) is 0. The van der Waals surface area contributed by atoms with Crippen molar-refractivity contribution in [2.45, 2.75) is 96.9 Å². The third kappa shape index (κ3) is 2.20. The van der Waals surface area contributed by atoms with Gasteiger partial charge < -0.3 is 9.47 Å². The van der Waals surface area contributed by atoms with E-state index in [2.05, 4.69) is 13.8 Å². The minimum absolute atomic E-state index is 0.0347. The van der Waals surface area contributed by atoms with E-state index in [9.17, 15) is 9.59 Å². The number of rotatable bonds is 2. The number of epoxide rings is 1. The minimum Gasteiger partial charge on any atom is -0.463 e. The molecule has 0 bridgehead atoms. The van der Waals surface area contributed by atoms with Crippen LogP contribution in [0.5, 0.6) is 0 Å². The number of hydrogen-bond acceptors (Lipinski definition) is 4. The van der Waals surface area contributed by atoms with E-state index in [1.165, 1.54) is 26.2 Å². The lowest BCUT2D eigenvalue weighted by Crippen LogP contribution is -2.60. The second-order valence-electron chi connectivity index (χ2n) is 10.8. The third-order valence-electron chi connectivity index (χ3n) is 9.81. The van der Waals surface area contributed by atoms with Gasteiger partial charge in [0, 0.05) is 18.3 Å². The van der Waals surface area contributed by atoms with Crippen LogP contribution in [0.4, 0.5) is 0 Å². The number of Topliss-reactive ketones (excluding diaryl/α,β-unsaturated/α-hetero) is 1. The fourth-order valence-corrected chi connectivity index (χ4v) is 8.68. The summed E-state index contributed by atoms with van der Waals surface area (Å²) in [5.74, 6) is 2.30. The van der Waals surface area contributed by atoms with Crippen molar-refractivity contribution in [3.63, 3.8) is 0 Å². The van der Waals surface area contributed by atoms with Crippen LogP contribution in [0.2, 0.25) is 0 Å². The van der Waals surface area contributed by atoms with Crippen LogP contribution in [-0.2, 0) is 19.1 Å². The van der Waals surface area contributed by atoms with E-state index < -0.39 is 0 Å². The first-order valence-electron chi connectivity index (χ1n) is 11.1. The number of fused-ring (bicyclic) bond motifs is 3. The molecule has 1 heterocycles. The van der Waals surface area contributed by atoms with Crippen molar-refractivity contribution in [3.05, 3.63) is 0 Å². The van der Waals surface area contributed by atoms with Crippen LogP contribution in [0.1, 0.15) is 79.1 Å². The Morgan fingerprint density at radius 2 is 1.74 bits per heavy atom. The Labute approximate surface area is 162 Å². The standard InChI is InChI=1S/C23H34O4/c1-13(24)17-7-8-18-19-6-5-15-11-16(26-14(2)25)9-10-22(15,4)23(19)20(27-23)12-21(17,18)3/h15-20H,5-12H2,1-4H3/t15-,16-,17+,18?,19?,20+,21+,22-,23-/m0/s1. The molecule has 4 aliphatic carbocycles. The van der Waals surface area contributed by atoms with E-state index in [0.29, 0.717) is 29.6 Å². The lowest BCUT2D eigenvalue weighted by molar-refractivity contribution is -0.159. The van der Waals surface area contributed by atoms with Crippen LogP contribution in [0.25, 0.3) is 0 Å². The number of ether oxygens (including phenoxy) is 2. The van der Waals surface area contributed by atoms with Crippen LogP contribution in [0.15, 0.2) is 0 Å². The molecule has 0 radical (unpaired) electrons. The topological polar surface area (TPSA) is 55.9 Å². The first-order valence-corrected chi connectivity index (χ1v) is 11.1. The quantitative estimate of drug-likeness (QED) is 0.534. The van der Waals surface area contributed by atoms with Gasteiger partial charge in [-0.3, -0.25) is 9.59 Å². The summed E-state index contributed by atoms with van der Waals surface area (Å²) < 4.78 is 12.2. The molecule has 4 nitrogen and oxygen atoms in total. The molecule has 2 unspecified atom stereocenters. The summed E-state index contributed by atoms with van der Waals surface area (Å²) in [6.45, 7) is 8.17. The Kier molecular flexibility index (Phi) is 3.75. The van der Waals surface area contributed by atoms with Gasteiger partial charge >= 0.3 is 5.97 Å². The number of esters is 1. The van der Waals surface area contributed by atoms with E-state index in [0.717, 1.165) is 32.1 Å². The number of carbonyl (C=O) groups is 2. The average Bonchev–Trinajstić information content (AvgIpc) is 3.19. The summed E-state index contributed by atoms with van der Waals surface area (Å²) in [5, 5.41) is 0. The SMILES string of the molecule is CC(=O)O[C@H]1CC[C@@]2(C)[C@@H](CCC3C4CC[C@H](C(C)=O)[C@@]4(C)C[C@H]4O[C@@]342)C1. The molecule has 0 aromatic rings. The smallest absolute Gasteiger partial charge is 0.302 e. The molecule has 0 amide bonds. The maximum Gasteiger partial charge on any atom is 0.302 e. The molecule has 1 aliphatic heterocycles. The fourth-order valence-electron chi connectivity index (χ4n) is 8.68. The van der Waals surface area contributed by atoms with Gasteiger partial charge in [0.2, 0.25) is 0 Å². The van der Waals surface area contributed by atoms with Crippen molar-refractivity contribution in [1.29, 1.82) is 0 Å². The predicted octanol–water partition coefficient (Wildman–Crippen LogP) is 4.30. The molecule has 1 spiro atoms. The first-order chi connectivity index (χ1) is 12.7. The van der Waals surface area contributed by atoms with Crippen molar-refractivity contribution in [3.8, 4) is 0 Å². The monoisotopic (exact) mass is 374 g/mol. The maximum atomic E-state index is 12.3. The zero-order valence-electron chi connectivity index (χ0n) is 17.3. The molecule has 150 valence electrons. The summed E-state index contributed by atoms with van der Waals surface area (Å²) in [5.41, 5.74) is 0.374. The van der Waals surface area contributed by atoms with Crippen molar-refractivity contribution >= 4 is 11.8 Å². The molecular formula is C23H34O4. The molecular weight excluding hydrogens is 340 g/mol. The van der Waals surface area contributed by atoms with Crippen molar-refractivity contribution < 1.29 is 19.1 Å². The highest BCUT2D eigenvalue weighted by atomic mass is 16.6. The number of hydrogen-bond donors (Lipinski definition) is 0. The van der Waals surface area contributed by atoms with Gasteiger partial charge in [0.15, 0.2) is 0 Å². The number of ketones is 1. The van der Waals surface area contributed by atoms with Gasteiger partial charge in [-0.2, -0.15) is 0 Å². The van der Waals surface area contributed by atoms with Crippen LogP contribution in [0, 0.1) is 34.5 Å². The lowest BCUT2D eigenvalue weighted by atomic mass is 9.44. The molecule has 27 heavy (non-hydrogen) atoms. The Balaban J connectivity index is 1.43. The zero-order valence-corrected chi connectivity index (χ0v) is 17.3. The highest BCUT2D eigenvalue weighted by Crippen LogP contribution is 2.76. The molecule has 4 heteroatoms. The molecule has 5 rings (SSSR count). The molecule has 4 saturated carbocycles. The van der Waals surface area contributed by atoms with E-state index in [1.54, 1.807) is 6.92 Å². The Hall–Kier alpha value is -0.900. The van der Waals surface area contributed by atoms with Crippen LogP contribution in [-0.4, -0.2) is 29.6 Å². The van der Waals surface area contributed by atoms with Crippen LogP contribution < -0.4 is 0 Å². The molecule has 0 N–H and O–H groups in total. The second-order valence-corrected chi connectivity index (χ2v) is 10.8. The Bertz CT molecular complexity index is 688. The fraction of sp³-hybridized carbons (Fsp3) is 0.913. The van der Waals surface area contributed by atoms with E-state index >= 15 is 0 Å². The average molecular weight is 375 g/mol. The first kappa shape index (κ1) is 18.1.